The van der Waals surface area contributed by atoms with Crippen LogP contribution in [0, 0.1) is 18.7 Å². The van der Waals surface area contributed by atoms with Crippen molar-refractivity contribution in [2.24, 2.45) is 11.0 Å². The van der Waals surface area contributed by atoms with Crippen molar-refractivity contribution in [3.63, 3.8) is 0 Å². The lowest BCUT2D eigenvalue weighted by atomic mass is 9.97. The molecule has 190 valence electrons. The number of hydrazone groups is 1. The maximum atomic E-state index is 14.6. The van der Waals surface area contributed by atoms with Crippen LogP contribution in [0.4, 0.5) is 4.39 Å². The second-order valence-electron chi connectivity index (χ2n) is 9.88. The van der Waals surface area contributed by atoms with E-state index in [4.69, 9.17) is 4.74 Å². The van der Waals surface area contributed by atoms with Crippen molar-refractivity contribution >= 4 is 17.5 Å². The second kappa shape index (κ2) is 10.9. The van der Waals surface area contributed by atoms with Crippen LogP contribution in [0.5, 0.6) is 0 Å². The first-order chi connectivity index (χ1) is 17.5. The van der Waals surface area contributed by atoms with Gasteiger partial charge in [0.25, 0.3) is 5.91 Å². The molecule has 0 radical (unpaired) electrons. The van der Waals surface area contributed by atoms with Crippen molar-refractivity contribution in [3.05, 3.63) is 71.0 Å². The van der Waals surface area contributed by atoms with Crippen LogP contribution in [0.1, 0.15) is 42.0 Å². The highest BCUT2D eigenvalue weighted by Gasteiger charge is 2.38. The molecular formula is C28H33FN4O3. The van der Waals surface area contributed by atoms with Crippen molar-refractivity contribution in [1.29, 1.82) is 0 Å². The zero-order valence-corrected chi connectivity index (χ0v) is 20.7. The van der Waals surface area contributed by atoms with Gasteiger partial charge in [0.05, 0.1) is 25.0 Å². The molecule has 0 bridgehead atoms. The van der Waals surface area contributed by atoms with E-state index in [1.165, 1.54) is 11.1 Å². The van der Waals surface area contributed by atoms with Gasteiger partial charge in [-0.3, -0.25) is 14.5 Å². The average Bonchev–Trinajstić information content (AvgIpc) is 3.66. The minimum atomic E-state index is -0.357. The van der Waals surface area contributed by atoms with Gasteiger partial charge in [0.2, 0.25) is 5.91 Å². The molecule has 7 nitrogen and oxygen atoms in total. The molecule has 0 N–H and O–H groups in total. The molecule has 0 spiro atoms. The van der Waals surface area contributed by atoms with Gasteiger partial charge in [-0.05, 0) is 31.4 Å². The summed E-state index contributed by atoms with van der Waals surface area (Å²) in [6.45, 7) is 6.22. The number of hydrogen-bond donors (Lipinski definition) is 0. The van der Waals surface area contributed by atoms with Gasteiger partial charge < -0.3 is 9.64 Å². The third-order valence-corrected chi connectivity index (χ3v) is 7.17. The summed E-state index contributed by atoms with van der Waals surface area (Å²) in [5.41, 5.74) is 3.01. The van der Waals surface area contributed by atoms with Gasteiger partial charge in [-0.15, -0.1) is 0 Å². The SMILES string of the molecule is Cc1ccc(C2CC(c3ccccc3F)=NN2C(=O)CN(CCN2CCOCC2)C(=O)C2CC2)cc1. The Bertz CT molecular complexity index is 1130. The van der Waals surface area contributed by atoms with Crippen molar-refractivity contribution < 1.29 is 18.7 Å². The van der Waals surface area contributed by atoms with Crippen molar-refractivity contribution in [1.82, 2.24) is 14.8 Å². The van der Waals surface area contributed by atoms with E-state index in [-0.39, 0.29) is 36.1 Å². The number of amides is 2. The molecule has 2 aromatic rings. The predicted octanol–water partition coefficient (Wildman–Crippen LogP) is 3.38. The summed E-state index contributed by atoms with van der Waals surface area (Å²) < 4.78 is 20.0. The van der Waals surface area contributed by atoms with Crippen LogP contribution in [0.15, 0.2) is 53.6 Å². The number of nitrogens with zero attached hydrogens (tertiary/aromatic N) is 4. The van der Waals surface area contributed by atoms with Crippen LogP contribution in [-0.4, -0.2) is 78.3 Å². The third kappa shape index (κ3) is 5.65. The summed E-state index contributed by atoms with van der Waals surface area (Å²) in [6, 6.07) is 14.2. The Labute approximate surface area is 211 Å². The van der Waals surface area contributed by atoms with Crippen LogP contribution in [0.2, 0.25) is 0 Å². The zero-order chi connectivity index (χ0) is 25.1. The zero-order valence-electron chi connectivity index (χ0n) is 20.7. The van der Waals surface area contributed by atoms with Gasteiger partial charge in [0.15, 0.2) is 0 Å². The van der Waals surface area contributed by atoms with E-state index in [1.807, 2.05) is 31.2 Å². The molecule has 2 amide bonds. The number of halogens is 1. The first-order valence-electron chi connectivity index (χ1n) is 12.8. The molecular weight excluding hydrogens is 459 g/mol. The Balaban J connectivity index is 1.37. The Hall–Kier alpha value is -3.10. The van der Waals surface area contributed by atoms with E-state index in [0.29, 0.717) is 44.0 Å². The average molecular weight is 493 g/mol. The first kappa shape index (κ1) is 24.6. The van der Waals surface area contributed by atoms with Gasteiger partial charge in [-0.2, -0.15) is 5.10 Å². The number of hydrogen-bond acceptors (Lipinski definition) is 5. The van der Waals surface area contributed by atoms with Crippen molar-refractivity contribution in [2.75, 3.05) is 45.9 Å². The van der Waals surface area contributed by atoms with Gasteiger partial charge in [0, 0.05) is 44.1 Å². The number of carbonyl (C=O) groups is 2. The lowest BCUT2D eigenvalue weighted by molar-refractivity contribution is -0.142. The van der Waals surface area contributed by atoms with E-state index in [0.717, 1.165) is 37.1 Å². The quantitative estimate of drug-likeness (QED) is 0.567. The monoisotopic (exact) mass is 492 g/mol. The van der Waals surface area contributed by atoms with Crippen LogP contribution in [-0.2, 0) is 14.3 Å². The van der Waals surface area contributed by atoms with E-state index < -0.39 is 0 Å². The summed E-state index contributed by atoms with van der Waals surface area (Å²) in [4.78, 5) is 30.7. The lowest BCUT2D eigenvalue weighted by Crippen LogP contribution is -2.47. The molecule has 2 heterocycles. The van der Waals surface area contributed by atoms with Crippen LogP contribution < -0.4 is 0 Å². The normalized spacial score (nSPS) is 20.3. The number of rotatable bonds is 8. The molecule has 1 aliphatic carbocycles. The smallest absolute Gasteiger partial charge is 0.262 e. The Morgan fingerprint density at radius 3 is 2.50 bits per heavy atom. The lowest BCUT2D eigenvalue weighted by Gasteiger charge is -2.31. The van der Waals surface area contributed by atoms with Crippen LogP contribution >= 0.6 is 0 Å². The highest BCUT2D eigenvalue weighted by atomic mass is 19.1. The molecule has 8 heteroatoms. The number of ether oxygens (including phenoxy) is 1. The largest absolute Gasteiger partial charge is 0.379 e. The molecule has 1 saturated carbocycles. The van der Waals surface area contributed by atoms with Gasteiger partial charge in [-0.25, -0.2) is 9.40 Å². The minimum absolute atomic E-state index is 0.0199. The van der Waals surface area contributed by atoms with E-state index >= 15 is 0 Å². The van der Waals surface area contributed by atoms with E-state index in [2.05, 4.69) is 10.0 Å². The maximum absolute atomic E-state index is 14.6. The molecule has 2 aliphatic heterocycles. The molecule has 1 unspecified atom stereocenters. The highest BCUT2D eigenvalue weighted by molar-refractivity contribution is 6.03. The molecule has 36 heavy (non-hydrogen) atoms. The number of aryl methyl sites for hydroxylation is 1. The number of benzene rings is 2. The minimum Gasteiger partial charge on any atom is -0.379 e. The predicted molar refractivity (Wildman–Crippen MR) is 135 cm³/mol. The molecule has 0 aromatic heterocycles. The molecule has 2 fully saturated rings. The van der Waals surface area contributed by atoms with Gasteiger partial charge in [0.1, 0.15) is 12.4 Å². The molecule has 5 rings (SSSR count). The number of carbonyl (C=O) groups excluding carboxylic acids is 2. The fraction of sp³-hybridized carbons (Fsp3) is 0.464. The van der Waals surface area contributed by atoms with E-state index in [1.54, 1.807) is 23.1 Å². The molecule has 1 saturated heterocycles. The van der Waals surface area contributed by atoms with Gasteiger partial charge in [-0.1, -0.05) is 48.0 Å². The van der Waals surface area contributed by atoms with E-state index in [9.17, 15) is 14.0 Å². The fourth-order valence-electron chi connectivity index (χ4n) is 4.82. The van der Waals surface area contributed by atoms with Crippen molar-refractivity contribution in [2.45, 2.75) is 32.2 Å². The first-order valence-corrected chi connectivity index (χ1v) is 12.8. The van der Waals surface area contributed by atoms with Crippen LogP contribution in [0.3, 0.4) is 0 Å². The van der Waals surface area contributed by atoms with Crippen LogP contribution in [0.25, 0.3) is 0 Å². The summed E-state index contributed by atoms with van der Waals surface area (Å²) in [7, 11) is 0. The summed E-state index contributed by atoms with van der Waals surface area (Å²) >= 11 is 0. The fourth-order valence-corrected chi connectivity index (χ4v) is 4.82. The Morgan fingerprint density at radius 2 is 1.81 bits per heavy atom. The third-order valence-electron chi connectivity index (χ3n) is 7.17. The van der Waals surface area contributed by atoms with Crippen molar-refractivity contribution in [3.8, 4) is 0 Å². The summed E-state index contributed by atoms with van der Waals surface area (Å²) in [5, 5.41) is 6.08. The molecule has 1 atom stereocenters. The second-order valence-corrected chi connectivity index (χ2v) is 9.88. The summed E-state index contributed by atoms with van der Waals surface area (Å²) in [6.07, 6.45) is 2.18. The Kier molecular flexibility index (Phi) is 7.43. The maximum Gasteiger partial charge on any atom is 0.262 e. The topological polar surface area (TPSA) is 65.5 Å². The number of morpholine rings is 1. The molecule has 2 aromatic carbocycles. The molecule has 3 aliphatic rings. The van der Waals surface area contributed by atoms with Gasteiger partial charge >= 0.3 is 0 Å². The highest BCUT2D eigenvalue weighted by Crippen LogP contribution is 2.34. The summed E-state index contributed by atoms with van der Waals surface area (Å²) in [5.74, 6) is -0.542. The standard InChI is InChI=1S/C28H33FN4O3/c1-20-6-8-21(9-7-20)26-18-25(23-4-2-3-5-24(23)29)30-33(26)27(34)19-32(28(35)22-10-11-22)13-12-31-14-16-36-17-15-31/h2-9,22,26H,10-19H2,1H3. The Morgan fingerprint density at radius 1 is 1.08 bits per heavy atom.